The van der Waals surface area contributed by atoms with Crippen molar-refractivity contribution >= 4 is 11.1 Å². The fraction of sp³-hybridized carbons (Fsp3) is 0.588. The average molecular weight is 318 g/mol. The van der Waals surface area contributed by atoms with Crippen molar-refractivity contribution in [1.29, 1.82) is 0 Å². The van der Waals surface area contributed by atoms with Crippen LogP contribution in [-0.4, -0.2) is 54.0 Å². The summed E-state index contributed by atoms with van der Waals surface area (Å²) in [5.74, 6) is 0.0853. The Morgan fingerprint density at radius 1 is 1.30 bits per heavy atom. The number of hydrogen-bond acceptors (Lipinski definition) is 5. The van der Waals surface area contributed by atoms with Crippen LogP contribution in [0.2, 0.25) is 0 Å². The van der Waals surface area contributed by atoms with Crippen LogP contribution in [0.15, 0.2) is 33.5 Å². The summed E-state index contributed by atoms with van der Waals surface area (Å²) >= 11 is 0. The first-order chi connectivity index (χ1) is 11.2. The number of hydrogen-bond donors (Lipinski definition) is 1. The molecular formula is C17H22N2O4. The molecule has 6 heteroatoms. The van der Waals surface area contributed by atoms with E-state index in [-0.39, 0.29) is 17.8 Å². The van der Waals surface area contributed by atoms with Gasteiger partial charge in [0.25, 0.3) is 0 Å². The molecule has 3 heterocycles. The maximum absolute atomic E-state index is 12.0. The van der Waals surface area contributed by atoms with Crippen molar-refractivity contribution in [3.63, 3.8) is 0 Å². The van der Waals surface area contributed by atoms with E-state index in [4.69, 9.17) is 9.15 Å². The minimum atomic E-state index is -0.303. The van der Waals surface area contributed by atoms with E-state index in [9.17, 15) is 9.90 Å². The number of nitrogens with zero attached hydrogens (tertiary/aromatic N) is 2. The Bertz CT molecular complexity index is 752. The van der Waals surface area contributed by atoms with Crippen molar-refractivity contribution in [3.05, 3.63) is 34.8 Å². The van der Waals surface area contributed by atoms with E-state index in [1.807, 2.05) is 24.3 Å². The van der Waals surface area contributed by atoms with Gasteiger partial charge in [0.05, 0.1) is 18.7 Å². The van der Waals surface area contributed by atoms with E-state index in [0.29, 0.717) is 18.0 Å². The lowest BCUT2D eigenvalue weighted by Gasteiger charge is -2.36. The number of fused-ring (bicyclic) bond motifs is 2. The third-order valence-corrected chi connectivity index (χ3v) is 5.47. The van der Waals surface area contributed by atoms with Gasteiger partial charge in [0.15, 0.2) is 5.58 Å². The molecule has 0 bridgehead atoms. The predicted molar refractivity (Wildman–Crippen MR) is 85.4 cm³/mol. The highest BCUT2D eigenvalue weighted by molar-refractivity contribution is 5.72. The van der Waals surface area contributed by atoms with Crippen LogP contribution in [0.5, 0.6) is 0 Å². The summed E-state index contributed by atoms with van der Waals surface area (Å²) in [6.07, 6.45) is 0.916. The Hall–Kier alpha value is -1.63. The molecule has 1 aromatic carbocycles. The molecule has 0 aliphatic carbocycles. The molecule has 2 aromatic rings. The van der Waals surface area contributed by atoms with E-state index in [1.165, 1.54) is 0 Å². The maximum atomic E-state index is 12.0. The third-order valence-electron chi connectivity index (χ3n) is 5.47. The van der Waals surface area contributed by atoms with Crippen LogP contribution in [0.4, 0.5) is 0 Å². The van der Waals surface area contributed by atoms with E-state index >= 15 is 0 Å². The zero-order chi connectivity index (χ0) is 15.9. The smallest absolute Gasteiger partial charge is 0.408 e. The molecule has 0 spiro atoms. The largest absolute Gasteiger partial charge is 0.419 e. The van der Waals surface area contributed by atoms with Gasteiger partial charge < -0.3 is 19.2 Å². The first-order valence-electron chi connectivity index (χ1n) is 8.21. The van der Waals surface area contributed by atoms with Crippen molar-refractivity contribution in [2.45, 2.75) is 13.0 Å². The van der Waals surface area contributed by atoms with E-state index in [0.717, 1.165) is 44.8 Å². The van der Waals surface area contributed by atoms with Gasteiger partial charge in [-0.15, -0.1) is 0 Å². The van der Waals surface area contributed by atoms with Gasteiger partial charge in [0, 0.05) is 44.1 Å². The molecule has 1 N–H and O–H groups in total. The summed E-state index contributed by atoms with van der Waals surface area (Å²) in [6, 6.07) is 7.50. The van der Waals surface area contributed by atoms with Crippen LogP contribution in [0, 0.1) is 11.3 Å². The highest BCUT2D eigenvalue weighted by Gasteiger charge is 2.47. The number of para-hydroxylation sites is 2. The van der Waals surface area contributed by atoms with Gasteiger partial charge in [0.2, 0.25) is 0 Å². The Kier molecular flexibility index (Phi) is 3.75. The zero-order valence-corrected chi connectivity index (χ0v) is 13.1. The Morgan fingerprint density at radius 2 is 2.17 bits per heavy atom. The third kappa shape index (κ3) is 2.51. The lowest BCUT2D eigenvalue weighted by Crippen LogP contribution is -2.41. The number of aliphatic hydroxyl groups excluding tert-OH is 1. The quantitative estimate of drug-likeness (QED) is 0.908. The summed E-state index contributed by atoms with van der Waals surface area (Å²) in [5, 5.41) is 9.85. The second-order valence-electron chi connectivity index (χ2n) is 6.76. The fourth-order valence-corrected chi connectivity index (χ4v) is 4.05. The SMILES string of the molecule is O=c1oc2ccccc2n1CCN1C[C@@H]2COCC[C@]2(CO)C1. The molecule has 1 aromatic heterocycles. The van der Waals surface area contributed by atoms with Crippen LogP contribution in [-0.2, 0) is 11.3 Å². The number of likely N-dealkylation sites (tertiary alicyclic amines) is 1. The van der Waals surface area contributed by atoms with Crippen molar-refractivity contribution in [2.75, 3.05) is 39.5 Å². The second-order valence-corrected chi connectivity index (χ2v) is 6.76. The van der Waals surface area contributed by atoms with Crippen molar-refractivity contribution < 1.29 is 14.3 Å². The minimum absolute atomic E-state index is 0.0261. The van der Waals surface area contributed by atoms with Gasteiger partial charge in [-0.1, -0.05) is 12.1 Å². The molecule has 124 valence electrons. The molecule has 0 unspecified atom stereocenters. The van der Waals surface area contributed by atoms with E-state index < -0.39 is 0 Å². The topological polar surface area (TPSA) is 67.8 Å². The van der Waals surface area contributed by atoms with Crippen LogP contribution in [0.3, 0.4) is 0 Å². The normalized spacial score (nSPS) is 28.3. The number of oxazole rings is 1. The molecule has 2 aliphatic heterocycles. The molecular weight excluding hydrogens is 296 g/mol. The van der Waals surface area contributed by atoms with Crippen LogP contribution in [0.25, 0.3) is 11.1 Å². The Balaban J connectivity index is 1.49. The lowest BCUT2D eigenvalue weighted by molar-refractivity contribution is -0.0416. The number of ether oxygens (including phenoxy) is 1. The fourth-order valence-electron chi connectivity index (χ4n) is 4.05. The number of aromatic nitrogens is 1. The van der Waals surface area contributed by atoms with Gasteiger partial charge in [-0.05, 0) is 18.6 Å². The maximum Gasteiger partial charge on any atom is 0.419 e. The van der Waals surface area contributed by atoms with Gasteiger partial charge in [-0.3, -0.25) is 4.57 Å². The van der Waals surface area contributed by atoms with Gasteiger partial charge in [-0.25, -0.2) is 4.79 Å². The molecule has 2 aliphatic rings. The molecule has 6 nitrogen and oxygen atoms in total. The van der Waals surface area contributed by atoms with Gasteiger partial charge >= 0.3 is 5.76 Å². The summed E-state index contributed by atoms with van der Waals surface area (Å²) < 4.78 is 12.6. The summed E-state index contributed by atoms with van der Waals surface area (Å²) in [7, 11) is 0. The van der Waals surface area contributed by atoms with Crippen LogP contribution in [0.1, 0.15) is 6.42 Å². The monoisotopic (exact) mass is 318 g/mol. The zero-order valence-electron chi connectivity index (χ0n) is 13.1. The predicted octanol–water partition coefficient (Wildman–Crippen LogP) is 0.925. The van der Waals surface area contributed by atoms with E-state index in [2.05, 4.69) is 4.90 Å². The molecule has 0 amide bonds. The van der Waals surface area contributed by atoms with Gasteiger partial charge in [-0.2, -0.15) is 0 Å². The number of aliphatic hydroxyl groups is 1. The molecule has 2 fully saturated rings. The highest BCUT2D eigenvalue weighted by atomic mass is 16.5. The Labute approximate surface area is 134 Å². The molecule has 23 heavy (non-hydrogen) atoms. The molecule has 0 radical (unpaired) electrons. The van der Waals surface area contributed by atoms with Crippen molar-refractivity contribution in [1.82, 2.24) is 9.47 Å². The summed E-state index contributed by atoms with van der Waals surface area (Å²) in [6.45, 7) is 4.86. The summed E-state index contributed by atoms with van der Waals surface area (Å²) in [5.41, 5.74) is 1.45. The molecule has 0 saturated carbocycles. The van der Waals surface area contributed by atoms with Gasteiger partial charge in [0.1, 0.15) is 0 Å². The lowest BCUT2D eigenvalue weighted by atomic mass is 9.75. The Morgan fingerprint density at radius 3 is 3.00 bits per heavy atom. The van der Waals surface area contributed by atoms with E-state index in [1.54, 1.807) is 4.57 Å². The standard InChI is InChI=1S/C17H22N2O4/c20-12-17-5-8-22-10-13(17)9-18(11-17)6-7-19-14-3-1-2-4-15(14)23-16(19)21/h1-4,13,20H,5-12H2/t13-,17-/m1/s1. The number of benzene rings is 1. The molecule has 4 rings (SSSR count). The molecule has 2 atom stereocenters. The second kappa shape index (κ2) is 5.78. The average Bonchev–Trinajstić information content (AvgIpc) is 3.10. The van der Waals surface area contributed by atoms with Crippen molar-refractivity contribution in [2.24, 2.45) is 11.3 Å². The molecule has 2 saturated heterocycles. The first-order valence-corrected chi connectivity index (χ1v) is 8.21. The summed E-state index contributed by atoms with van der Waals surface area (Å²) in [4.78, 5) is 14.4. The first kappa shape index (κ1) is 14.9. The minimum Gasteiger partial charge on any atom is -0.408 e. The van der Waals surface area contributed by atoms with Crippen LogP contribution >= 0.6 is 0 Å². The van der Waals surface area contributed by atoms with Crippen molar-refractivity contribution in [3.8, 4) is 0 Å². The van der Waals surface area contributed by atoms with Crippen LogP contribution < -0.4 is 5.76 Å². The highest BCUT2D eigenvalue weighted by Crippen LogP contribution is 2.41. The number of rotatable bonds is 4.